The molecule has 2 nitrogen and oxygen atoms in total. The lowest BCUT2D eigenvalue weighted by molar-refractivity contribution is 0.0840. The van der Waals surface area contributed by atoms with Gasteiger partial charge in [0.15, 0.2) is 0 Å². The maximum Gasteiger partial charge on any atom is 0.0247 e. The van der Waals surface area contributed by atoms with Gasteiger partial charge >= 0.3 is 0 Å². The van der Waals surface area contributed by atoms with Crippen molar-refractivity contribution >= 4 is 0 Å². The van der Waals surface area contributed by atoms with Crippen molar-refractivity contribution in [2.24, 2.45) is 11.8 Å². The topological polar surface area (TPSA) is 15.3 Å². The fourth-order valence-electron chi connectivity index (χ4n) is 3.21. The van der Waals surface area contributed by atoms with Crippen LogP contribution in [0.3, 0.4) is 0 Å². The molecule has 1 saturated carbocycles. The molecule has 0 amide bonds. The van der Waals surface area contributed by atoms with Gasteiger partial charge in [-0.3, -0.25) is 4.90 Å². The van der Waals surface area contributed by atoms with Crippen molar-refractivity contribution < 1.29 is 0 Å². The molecule has 0 bridgehead atoms. The average Bonchev–Trinajstić information content (AvgIpc) is 3.07. The standard InChI is InChI=1S/C14H28N2/c1-5-11-7-13(11)16-9-12(6-2)15-8-14(16)10(3)4/h10-15H,5-9H2,1-4H3. The monoisotopic (exact) mass is 224 g/mol. The fourth-order valence-corrected chi connectivity index (χ4v) is 3.21. The molecule has 1 heterocycles. The minimum Gasteiger partial charge on any atom is -0.311 e. The van der Waals surface area contributed by atoms with Crippen molar-refractivity contribution in [2.45, 2.75) is 65.1 Å². The van der Waals surface area contributed by atoms with E-state index < -0.39 is 0 Å². The minimum absolute atomic E-state index is 0.730. The Hall–Kier alpha value is -0.0800. The molecule has 2 rings (SSSR count). The Balaban J connectivity index is 1.98. The highest BCUT2D eigenvalue weighted by atomic mass is 15.3. The van der Waals surface area contributed by atoms with Crippen LogP contribution in [0.25, 0.3) is 0 Å². The van der Waals surface area contributed by atoms with Crippen molar-refractivity contribution in [1.29, 1.82) is 0 Å². The minimum atomic E-state index is 0.730. The molecular weight excluding hydrogens is 196 g/mol. The molecule has 4 unspecified atom stereocenters. The van der Waals surface area contributed by atoms with Gasteiger partial charge in [-0.25, -0.2) is 0 Å². The van der Waals surface area contributed by atoms with Gasteiger partial charge in [0.1, 0.15) is 0 Å². The zero-order valence-corrected chi connectivity index (χ0v) is 11.4. The molecule has 1 N–H and O–H groups in total. The molecule has 0 aromatic carbocycles. The molecule has 1 saturated heterocycles. The Morgan fingerprint density at radius 1 is 1.25 bits per heavy atom. The van der Waals surface area contributed by atoms with E-state index in [1.807, 2.05) is 0 Å². The molecule has 0 radical (unpaired) electrons. The lowest BCUT2D eigenvalue weighted by Gasteiger charge is -2.43. The number of nitrogens with zero attached hydrogens (tertiary/aromatic N) is 1. The molecule has 1 aliphatic carbocycles. The summed E-state index contributed by atoms with van der Waals surface area (Å²) < 4.78 is 0. The van der Waals surface area contributed by atoms with E-state index in [1.54, 1.807) is 0 Å². The summed E-state index contributed by atoms with van der Waals surface area (Å²) in [6.07, 6.45) is 4.09. The lowest BCUT2D eigenvalue weighted by atomic mass is 9.97. The third-order valence-corrected chi connectivity index (χ3v) is 4.57. The third-order valence-electron chi connectivity index (χ3n) is 4.57. The van der Waals surface area contributed by atoms with Gasteiger partial charge in [0.05, 0.1) is 0 Å². The Kier molecular flexibility index (Phi) is 3.91. The quantitative estimate of drug-likeness (QED) is 0.789. The Bertz CT molecular complexity index is 227. The molecule has 0 aromatic rings. The predicted molar refractivity (Wildman–Crippen MR) is 69.6 cm³/mol. The molecule has 0 aromatic heterocycles. The number of nitrogens with one attached hydrogen (secondary N) is 1. The summed E-state index contributed by atoms with van der Waals surface area (Å²) in [4.78, 5) is 2.82. The van der Waals surface area contributed by atoms with Crippen LogP contribution in [0.2, 0.25) is 0 Å². The number of piperazine rings is 1. The second-order valence-electron chi connectivity index (χ2n) is 5.99. The largest absolute Gasteiger partial charge is 0.311 e. The molecule has 1 aliphatic heterocycles. The van der Waals surface area contributed by atoms with Gasteiger partial charge in [-0.05, 0) is 24.7 Å². The predicted octanol–water partition coefficient (Wildman–Crippen LogP) is 2.49. The Labute approximate surface area is 101 Å². The molecule has 2 heteroatoms. The first kappa shape index (κ1) is 12.4. The van der Waals surface area contributed by atoms with Crippen LogP contribution in [0, 0.1) is 11.8 Å². The highest BCUT2D eigenvalue weighted by molar-refractivity contribution is 5.00. The molecule has 2 aliphatic rings. The van der Waals surface area contributed by atoms with Gasteiger partial charge in [0, 0.05) is 31.2 Å². The van der Waals surface area contributed by atoms with Gasteiger partial charge in [0.2, 0.25) is 0 Å². The number of hydrogen-bond acceptors (Lipinski definition) is 2. The van der Waals surface area contributed by atoms with Crippen LogP contribution in [0.5, 0.6) is 0 Å². The molecule has 94 valence electrons. The van der Waals surface area contributed by atoms with E-state index in [1.165, 1.54) is 32.4 Å². The zero-order valence-electron chi connectivity index (χ0n) is 11.4. The van der Waals surface area contributed by atoms with Crippen LogP contribution in [0.15, 0.2) is 0 Å². The first-order chi connectivity index (χ1) is 7.67. The first-order valence-electron chi connectivity index (χ1n) is 7.16. The van der Waals surface area contributed by atoms with Crippen LogP contribution in [0.1, 0.15) is 47.0 Å². The normalized spacial score (nSPS) is 40.3. The van der Waals surface area contributed by atoms with E-state index in [0.29, 0.717) is 0 Å². The van der Waals surface area contributed by atoms with E-state index in [9.17, 15) is 0 Å². The molecule has 2 fully saturated rings. The maximum atomic E-state index is 3.70. The summed E-state index contributed by atoms with van der Waals surface area (Å²) in [5.41, 5.74) is 0. The van der Waals surface area contributed by atoms with Crippen molar-refractivity contribution in [3.8, 4) is 0 Å². The van der Waals surface area contributed by atoms with Crippen molar-refractivity contribution in [1.82, 2.24) is 10.2 Å². The maximum absolute atomic E-state index is 3.70. The van der Waals surface area contributed by atoms with Crippen molar-refractivity contribution in [3.63, 3.8) is 0 Å². The summed E-state index contributed by atoms with van der Waals surface area (Å²) in [5.74, 6) is 1.78. The summed E-state index contributed by atoms with van der Waals surface area (Å²) >= 11 is 0. The molecular formula is C14H28N2. The average molecular weight is 224 g/mol. The smallest absolute Gasteiger partial charge is 0.0247 e. The summed E-state index contributed by atoms with van der Waals surface area (Å²) in [6.45, 7) is 11.9. The summed E-state index contributed by atoms with van der Waals surface area (Å²) in [5, 5.41) is 3.70. The van der Waals surface area contributed by atoms with E-state index in [2.05, 4.69) is 37.9 Å². The van der Waals surface area contributed by atoms with Crippen LogP contribution in [0.4, 0.5) is 0 Å². The summed E-state index contributed by atoms with van der Waals surface area (Å²) in [7, 11) is 0. The highest BCUT2D eigenvalue weighted by Gasteiger charge is 2.45. The van der Waals surface area contributed by atoms with Crippen molar-refractivity contribution in [2.75, 3.05) is 13.1 Å². The SMILES string of the molecule is CCC1CN(C2CC2CC)C(C(C)C)CN1. The number of rotatable bonds is 4. The second-order valence-corrected chi connectivity index (χ2v) is 5.99. The second kappa shape index (κ2) is 5.05. The zero-order chi connectivity index (χ0) is 11.7. The third kappa shape index (κ3) is 2.43. The van der Waals surface area contributed by atoms with Gasteiger partial charge in [-0.2, -0.15) is 0 Å². The van der Waals surface area contributed by atoms with Gasteiger partial charge in [0.25, 0.3) is 0 Å². The molecule has 0 spiro atoms. The number of hydrogen-bond donors (Lipinski definition) is 1. The van der Waals surface area contributed by atoms with E-state index >= 15 is 0 Å². The van der Waals surface area contributed by atoms with Gasteiger partial charge in [-0.15, -0.1) is 0 Å². The fraction of sp³-hybridized carbons (Fsp3) is 1.00. The highest BCUT2D eigenvalue weighted by Crippen LogP contribution is 2.40. The van der Waals surface area contributed by atoms with Crippen LogP contribution in [-0.2, 0) is 0 Å². The Morgan fingerprint density at radius 3 is 2.50 bits per heavy atom. The molecule has 4 atom stereocenters. The van der Waals surface area contributed by atoms with Crippen LogP contribution in [-0.4, -0.2) is 36.1 Å². The van der Waals surface area contributed by atoms with E-state index in [0.717, 1.165) is 30.0 Å². The molecule has 16 heavy (non-hydrogen) atoms. The van der Waals surface area contributed by atoms with Crippen LogP contribution < -0.4 is 5.32 Å². The first-order valence-corrected chi connectivity index (χ1v) is 7.16. The van der Waals surface area contributed by atoms with E-state index in [-0.39, 0.29) is 0 Å². The Morgan fingerprint density at radius 2 is 2.00 bits per heavy atom. The lowest BCUT2D eigenvalue weighted by Crippen LogP contribution is -2.58. The van der Waals surface area contributed by atoms with Gasteiger partial charge < -0.3 is 5.32 Å². The van der Waals surface area contributed by atoms with Gasteiger partial charge in [-0.1, -0.05) is 34.1 Å². The summed E-state index contributed by atoms with van der Waals surface area (Å²) in [6, 6.07) is 2.41. The van der Waals surface area contributed by atoms with E-state index in [4.69, 9.17) is 0 Å². The van der Waals surface area contributed by atoms with Crippen molar-refractivity contribution in [3.05, 3.63) is 0 Å². The van der Waals surface area contributed by atoms with Crippen LogP contribution >= 0.6 is 0 Å².